The minimum atomic E-state index is -0.366. The largest absolute Gasteiger partial charge is 0.407 e. The van der Waals surface area contributed by atoms with Crippen LogP contribution in [0, 0.1) is 11.7 Å². The number of hydrogen-bond acceptors (Lipinski definition) is 3. The van der Waals surface area contributed by atoms with E-state index >= 15 is 0 Å². The topological polar surface area (TPSA) is 44.1 Å². The van der Waals surface area contributed by atoms with Crippen molar-refractivity contribution in [2.75, 3.05) is 0 Å². The van der Waals surface area contributed by atoms with E-state index in [9.17, 15) is 9.18 Å². The zero-order valence-corrected chi connectivity index (χ0v) is 12.6. The zero-order chi connectivity index (χ0) is 15.6. The Hall–Kier alpha value is -2.17. The smallest absolute Gasteiger partial charge is 0.315 e. The van der Waals surface area contributed by atoms with Crippen molar-refractivity contribution in [2.24, 2.45) is 5.92 Å². The number of nitrogens with zero attached hydrogens (tertiary/aromatic N) is 2. The number of carbonyl (C=O) groups excluding carboxylic acids is 1. The molecule has 0 atom stereocenters. The van der Waals surface area contributed by atoms with Gasteiger partial charge < -0.3 is 4.74 Å². The van der Waals surface area contributed by atoms with E-state index in [0.717, 1.165) is 5.69 Å². The van der Waals surface area contributed by atoms with Gasteiger partial charge in [0.2, 0.25) is 5.88 Å². The average molecular weight is 290 g/mol. The fraction of sp³-hybridized carbons (Fsp3) is 0.375. The second-order valence-electron chi connectivity index (χ2n) is 5.53. The van der Waals surface area contributed by atoms with Crippen LogP contribution in [0.25, 0.3) is 5.69 Å². The molecule has 0 aliphatic carbocycles. The predicted molar refractivity (Wildman–Crippen MR) is 78.1 cm³/mol. The van der Waals surface area contributed by atoms with Crippen LogP contribution in [0.2, 0.25) is 0 Å². The maximum atomic E-state index is 13.4. The maximum Gasteiger partial charge on any atom is 0.315 e. The quantitative estimate of drug-likeness (QED) is 0.806. The first-order valence-electron chi connectivity index (χ1n) is 6.96. The number of aromatic nitrogens is 2. The molecule has 21 heavy (non-hydrogen) atoms. The lowest BCUT2D eigenvalue weighted by Crippen LogP contribution is -2.16. The van der Waals surface area contributed by atoms with E-state index in [0.29, 0.717) is 11.6 Å². The van der Waals surface area contributed by atoms with E-state index in [-0.39, 0.29) is 23.6 Å². The maximum absolute atomic E-state index is 13.4. The molecular weight excluding hydrogens is 271 g/mol. The summed E-state index contributed by atoms with van der Waals surface area (Å²) < 4.78 is 20.2. The van der Waals surface area contributed by atoms with E-state index < -0.39 is 0 Å². The molecular formula is C16H19FN2O2. The number of halogens is 1. The number of rotatable bonds is 4. The van der Waals surface area contributed by atoms with E-state index in [1.54, 1.807) is 32.0 Å². The molecule has 0 aliphatic rings. The summed E-state index contributed by atoms with van der Waals surface area (Å²) in [5.41, 5.74) is 1.30. The second-order valence-corrected chi connectivity index (χ2v) is 5.53. The Morgan fingerprint density at radius 3 is 2.52 bits per heavy atom. The highest BCUT2D eigenvalue weighted by Crippen LogP contribution is 2.24. The molecule has 2 rings (SSSR count). The molecule has 0 unspecified atom stereocenters. The third-order valence-corrected chi connectivity index (χ3v) is 3.02. The van der Waals surface area contributed by atoms with Gasteiger partial charge in [-0.2, -0.15) is 5.10 Å². The van der Waals surface area contributed by atoms with Gasteiger partial charge in [0, 0.05) is 6.07 Å². The molecule has 0 amide bonds. The molecule has 1 aromatic heterocycles. The van der Waals surface area contributed by atoms with Gasteiger partial charge in [0.05, 0.1) is 17.3 Å². The highest BCUT2D eigenvalue weighted by molar-refractivity contribution is 5.74. The van der Waals surface area contributed by atoms with Gasteiger partial charge in [-0.05, 0) is 24.1 Å². The number of benzene rings is 1. The first kappa shape index (κ1) is 15.2. The Morgan fingerprint density at radius 2 is 1.95 bits per heavy atom. The Morgan fingerprint density at radius 1 is 1.24 bits per heavy atom. The number of esters is 1. The molecule has 0 fully saturated rings. The van der Waals surface area contributed by atoms with E-state index in [1.807, 2.05) is 13.8 Å². The summed E-state index contributed by atoms with van der Waals surface area (Å²) >= 11 is 0. The van der Waals surface area contributed by atoms with Gasteiger partial charge in [0.1, 0.15) is 5.82 Å². The van der Waals surface area contributed by atoms with Crippen LogP contribution in [0.4, 0.5) is 4.39 Å². The molecule has 0 spiro atoms. The van der Waals surface area contributed by atoms with Gasteiger partial charge in [-0.3, -0.25) is 4.79 Å². The normalized spacial score (nSPS) is 11.2. The number of ether oxygens (including phenoxy) is 1. The van der Waals surface area contributed by atoms with Gasteiger partial charge >= 0.3 is 5.97 Å². The van der Waals surface area contributed by atoms with Crippen LogP contribution in [-0.2, 0) is 4.79 Å². The van der Waals surface area contributed by atoms with Gasteiger partial charge in [-0.15, -0.1) is 0 Å². The third-order valence-electron chi connectivity index (χ3n) is 3.02. The van der Waals surface area contributed by atoms with Crippen LogP contribution < -0.4 is 4.74 Å². The van der Waals surface area contributed by atoms with Crippen LogP contribution in [-0.4, -0.2) is 15.7 Å². The molecule has 0 N–H and O–H groups in total. The molecule has 0 radical (unpaired) electrons. The van der Waals surface area contributed by atoms with Crippen LogP contribution in [0.3, 0.4) is 0 Å². The molecule has 112 valence electrons. The van der Waals surface area contributed by atoms with Crippen LogP contribution in [0.5, 0.6) is 5.88 Å². The lowest BCUT2D eigenvalue weighted by molar-refractivity contribution is -0.138. The number of hydrogen-bond donors (Lipinski definition) is 0. The van der Waals surface area contributed by atoms with Crippen molar-refractivity contribution in [3.05, 3.63) is 41.8 Å². The van der Waals surface area contributed by atoms with Gasteiger partial charge in [-0.25, -0.2) is 9.07 Å². The fourth-order valence-electron chi connectivity index (χ4n) is 1.75. The molecule has 4 nitrogen and oxygen atoms in total. The SMILES string of the molecule is CC(C)C(=O)Oc1cc(C(C)C)nn1-c1cccc(F)c1. The molecule has 0 saturated carbocycles. The Bertz CT molecular complexity index is 647. The number of carbonyl (C=O) groups is 1. The van der Waals surface area contributed by atoms with Gasteiger partial charge in [-0.1, -0.05) is 33.8 Å². The molecule has 2 aromatic rings. The fourth-order valence-corrected chi connectivity index (χ4v) is 1.75. The monoisotopic (exact) mass is 290 g/mol. The van der Waals surface area contributed by atoms with Gasteiger partial charge in [0.15, 0.2) is 0 Å². The van der Waals surface area contributed by atoms with E-state index in [1.165, 1.54) is 16.8 Å². The van der Waals surface area contributed by atoms with Crippen molar-refractivity contribution in [1.82, 2.24) is 9.78 Å². The molecule has 0 bridgehead atoms. The lowest BCUT2D eigenvalue weighted by Gasteiger charge is -2.09. The predicted octanol–water partition coefficient (Wildman–Crippen LogP) is 3.70. The van der Waals surface area contributed by atoms with Crippen LogP contribution >= 0.6 is 0 Å². The summed E-state index contributed by atoms with van der Waals surface area (Å²) in [5, 5.41) is 4.41. The second kappa shape index (κ2) is 6.08. The van der Waals surface area contributed by atoms with E-state index in [4.69, 9.17) is 4.74 Å². The minimum Gasteiger partial charge on any atom is -0.407 e. The molecule has 1 aromatic carbocycles. The average Bonchev–Trinajstić information content (AvgIpc) is 2.82. The Kier molecular flexibility index (Phi) is 4.40. The lowest BCUT2D eigenvalue weighted by atomic mass is 10.1. The third kappa shape index (κ3) is 3.48. The van der Waals surface area contributed by atoms with Crippen molar-refractivity contribution in [3.8, 4) is 11.6 Å². The Labute approximate surface area is 123 Å². The van der Waals surface area contributed by atoms with Crippen LogP contribution in [0.15, 0.2) is 30.3 Å². The zero-order valence-electron chi connectivity index (χ0n) is 12.6. The molecule has 0 aliphatic heterocycles. The first-order valence-corrected chi connectivity index (χ1v) is 6.96. The molecule has 0 saturated heterocycles. The first-order chi connectivity index (χ1) is 9.88. The summed E-state index contributed by atoms with van der Waals surface area (Å²) in [6.45, 7) is 7.50. The minimum absolute atomic E-state index is 0.177. The highest BCUT2D eigenvalue weighted by atomic mass is 19.1. The van der Waals surface area contributed by atoms with Crippen molar-refractivity contribution < 1.29 is 13.9 Å². The van der Waals surface area contributed by atoms with Crippen molar-refractivity contribution >= 4 is 5.97 Å². The summed E-state index contributed by atoms with van der Waals surface area (Å²) in [6.07, 6.45) is 0. The van der Waals surface area contributed by atoms with Crippen molar-refractivity contribution in [3.63, 3.8) is 0 Å². The van der Waals surface area contributed by atoms with Gasteiger partial charge in [0.25, 0.3) is 0 Å². The van der Waals surface area contributed by atoms with Crippen molar-refractivity contribution in [1.29, 1.82) is 0 Å². The molecule has 5 heteroatoms. The Balaban J connectivity index is 2.45. The standard InChI is InChI=1S/C16H19FN2O2/c1-10(2)14-9-15(21-16(20)11(3)4)19(18-14)13-7-5-6-12(17)8-13/h5-11H,1-4H3. The summed E-state index contributed by atoms with van der Waals surface area (Å²) in [5.74, 6) is -0.472. The summed E-state index contributed by atoms with van der Waals surface area (Å²) in [6, 6.07) is 7.73. The van der Waals surface area contributed by atoms with Crippen LogP contribution in [0.1, 0.15) is 39.3 Å². The summed E-state index contributed by atoms with van der Waals surface area (Å²) in [7, 11) is 0. The van der Waals surface area contributed by atoms with Crippen molar-refractivity contribution in [2.45, 2.75) is 33.6 Å². The van der Waals surface area contributed by atoms with E-state index in [2.05, 4.69) is 5.10 Å². The summed E-state index contributed by atoms with van der Waals surface area (Å²) in [4.78, 5) is 11.8. The highest BCUT2D eigenvalue weighted by Gasteiger charge is 2.18. The molecule has 1 heterocycles.